The maximum Gasteiger partial charge on any atom is 0.305 e. The minimum Gasteiger partial charge on any atom is -0.469 e. The van der Waals surface area contributed by atoms with Gasteiger partial charge in [0.05, 0.1) is 60.2 Å². The van der Waals surface area contributed by atoms with E-state index in [1.807, 2.05) is 13.0 Å². The molecule has 0 saturated carbocycles. The summed E-state index contributed by atoms with van der Waals surface area (Å²) in [5.74, 6) is -0.0948. The van der Waals surface area contributed by atoms with Gasteiger partial charge in [0.25, 0.3) is 0 Å². The molecule has 1 saturated heterocycles. The number of aliphatic imine (C=N–C) groups is 3. The number of hydroxylamine groups is 1. The number of ether oxygens (including phenoxy) is 1. The Hall–Kier alpha value is -4.08. The van der Waals surface area contributed by atoms with E-state index in [4.69, 9.17) is 24.6 Å². The molecule has 5 heterocycles. The summed E-state index contributed by atoms with van der Waals surface area (Å²) in [4.78, 5) is 33.7. The summed E-state index contributed by atoms with van der Waals surface area (Å²) in [7, 11) is 1.44. The molecule has 0 aromatic heterocycles. The summed E-state index contributed by atoms with van der Waals surface area (Å²) in [6.07, 6.45) is 10.7. The van der Waals surface area contributed by atoms with Crippen molar-refractivity contribution in [3.05, 3.63) is 91.4 Å². The normalized spacial score (nSPS) is 23.6. The number of aliphatic hydroxyl groups excluding tert-OH is 1. The Labute approximate surface area is 271 Å². The Bertz CT molecular complexity index is 1740. The smallest absolute Gasteiger partial charge is 0.305 e. The Morgan fingerprint density at radius 2 is 1.74 bits per heavy atom. The lowest BCUT2D eigenvalue weighted by Crippen LogP contribution is -2.16. The molecule has 0 amide bonds. The number of carbonyl (C=O) groups is 1. The fourth-order valence-electron chi connectivity index (χ4n) is 7.20. The number of hydrogen-bond acceptors (Lipinski definition) is 9. The van der Waals surface area contributed by atoms with Crippen LogP contribution in [0.5, 0.6) is 0 Å². The van der Waals surface area contributed by atoms with Crippen molar-refractivity contribution in [2.45, 2.75) is 80.1 Å². The van der Waals surface area contributed by atoms with Gasteiger partial charge in [0.2, 0.25) is 0 Å². The number of carbonyl (C=O) groups excluding carboxylic acids is 1. The number of fused-ring (bicyclic) bond motifs is 5. The molecule has 8 bridgehead atoms. The van der Waals surface area contributed by atoms with Crippen LogP contribution in [0.15, 0.2) is 106 Å². The number of hydrogen-bond donors (Lipinski definition) is 3. The van der Waals surface area contributed by atoms with Crippen LogP contribution in [0.3, 0.4) is 0 Å². The summed E-state index contributed by atoms with van der Waals surface area (Å²) in [6.45, 7) is 13.3. The molecule has 46 heavy (non-hydrogen) atoms. The number of aliphatic hydroxyl groups is 1. The largest absolute Gasteiger partial charge is 0.469 e. The molecule has 0 unspecified atom stereocenters. The highest BCUT2D eigenvalue weighted by Crippen LogP contribution is 2.46. The highest BCUT2D eigenvalue weighted by atomic mass is 16.6. The van der Waals surface area contributed by atoms with E-state index in [0.29, 0.717) is 25.9 Å². The number of nitrogens with zero attached hydrogens (tertiary/aromatic N) is 3. The Balaban J connectivity index is 1.56. The van der Waals surface area contributed by atoms with Crippen LogP contribution < -0.4 is 10.8 Å². The second-order valence-electron chi connectivity index (χ2n) is 12.7. The summed E-state index contributed by atoms with van der Waals surface area (Å²) in [5, 5.41) is 14.2. The van der Waals surface area contributed by atoms with E-state index in [1.54, 1.807) is 0 Å². The lowest BCUT2D eigenvalue weighted by atomic mass is 9.86. The van der Waals surface area contributed by atoms with Gasteiger partial charge in [-0.3, -0.25) is 15.1 Å². The minimum absolute atomic E-state index is 0.0421. The molecule has 3 N–H and O–H groups in total. The lowest BCUT2D eigenvalue weighted by Gasteiger charge is -2.17. The summed E-state index contributed by atoms with van der Waals surface area (Å²) < 4.78 is 5.03. The lowest BCUT2D eigenvalue weighted by molar-refractivity contribution is -0.140. The van der Waals surface area contributed by atoms with Crippen molar-refractivity contribution in [3.8, 4) is 0 Å². The molecule has 1 aliphatic carbocycles. The molecule has 5 aliphatic heterocycles. The second-order valence-corrected chi connectivity index (χ2v) is 12.7. The standard InChI is InChI=1S/C37H45N5O4/c1-8-10-13-46-42-33-14-25-36-24(11-12-34(44)45-7)20(4)29(40-36)15-27-21(5)26(18-43)32(39-27)16-28-19(3)23(9-2)31(38-28)17-30-22(6)35(33)37(25)41-30/h15-17,20,24,40,42-43H,8-14,18H2,1-7H3/t20-,24-/m0/s1. The van der Waals surface area contributed by atoms with Crippen molar-refractivity contribution in [1.82, 2.24) is 10.8 Å². The monoisotopic (exact) mass is 623 g/mol. The highest BCUT2D eigenvalue weighted by Gasteiger charge is 2.41. The molecule has 2 atom stereocenters. The van der Waals surface area contributed by atoms with Crippen LogP contribution in [0.4, 0.5) is 0 Å². The first-order valence-corrected chi connectivity index (χ1v) is 16.5. The van der Waals surface area contributed by atoms with Crippen molar-refractivity contribution < 1.29 is 19.5 Å². The molecule has 9 nitrogen and oxygen atoms in total. The van der Waals surface area contributed by atoms with Crippen LogP contribution in [0.2, 0.25) is 0 Å². The maximum atomic E-state index is 12.3. The van der Waals surface area contributed by atoms with Gasteiger partial charge in [-0.2, -0.15) is 0 Å². The first kappa shape index (κ1) is 31.9. The van der Waals surface area contributed by atoms with Gasteiger partial charge in [0, 0.05) is 52.8 Å². The SMILES string of the molecule is CCCCONC1=C2C3=NC(=C2C)C=C2N=C(C=C4N=C(C=C5NC(=C3C1)[C@@H](CCC(=O)OC)[C@@H]5C)C(C)=C4CO)C(C)=C2CC. The molecular formula is C37H45N5O4. The van der Waals surface area contributed by atoms with Gasteiger partial charge in [-0.25, -0.2) is 15.0 Å². The van der Waals surface area contributed by atoms with Crippen molar-refractivity contribution in [3.63, 3.8) is 0 Å². The first-order chi connectivity index (χ1) is 22.2. The third-order valence-corrected chi connectivity index (χ3v) is 10.0. The van der Waals surface area contributed by atoms with E-state index in [-0.39, 0.29) is 24.4 Å². The van der Waals surface area contributed by atoms with Gasteiger partial charge in [-0.05, 0) is 80.6 Å². The first-order valence-electron chi connectivity index (χ1n) is 16.5. The van der Waals surface area contributed by atoms with Gasteiger partial charge in [0.15, 0.2) is 0 Å². The second kappa shape index (κ2) is 13.0. The molecule has 6 rings (SSSR count). The van der Waals surface area contributed by atoms with E-state index in [2.05, 4.69) is 57.6 Å². The van der Waals surface area contributed by atoms with Crippen LogP contribution in [0.25, 0.3) is 0 Å². The average Bonchev–Trinajstić information content (AvgIpc) is 3.80. The number of allylic oxidation sites excluding steroid dienone is 11. The zero-order chi connectivity index (χ0) is 32.7. The van der Waals surface area contributed by atoms with Crippen molar-refractivity contribution >= 4 is 23.1 Å². The number of esters is 1. The Morgan fingerprint density at radius 3 is 2.43 bits per heavy atom. The fraction of sp³-hybridized carbons (Fsp3) is 0.459. The van der Waals surface area contributed by atoms with Crippen molar-refractivity contribution in [1.29, 1.82) is 0 Å². The summed E-state index contributed by atoms with van der Waals surface area (Å²) in [5.41, 5.74) is 18.8. The Kier molecular flexibility index (Phi) is 8.99. The van der Waals surface area contributed by atoms with Crippen LogP contribution >= 0.6 is 0 Å². The molecule has 9 heteroatoms. The van der Waals surface area contributed by atoms with Crippen LogP contribution in [0.1, 0.15) is 80.1 Å². The average molecular weight is 624 g/mol. The fourth-order valence-corrected chi connectivity index (χ4v) is 7.20. The molecule has 1 fully saturated rings. The topological polar surface area (TPSA) is 117 Å². The molecular weight excluding hydrogens is 578 g/mol. The number of nitrogens with one attached hydrogen (secondary N) is 2. The van der Waals surface area contributed by atoms with Crippen LogP contribution in [-0.2, 0) is 14.4 Å². The van der Waals surface area contributed by atoms with Gasteiger partial charge in [-0.1, -0.05) is 27.2 Å². The number of methoxy groups -OCH3 is 1. The predicted octanol–water partition coefficient (Wildman–Crippen LogP) is 6.37. The molecule has 0 spiro atoms. The van der Waals surface area contributed by atoms with Gasteiger partial charge < -0.3 is 15.2 Å². The minimum atomic E-state index is -0.221. The zero-order valence-corrected chi connectivity index (χ0v) is 28.1. The predicted molar refractivity (Wildman–Crippen MR) is 182 cm³/mol. The third-order valence-electron chi connectivity index (χ3n) is 10.0. The zero-order valence-electron chi connectivity index (χ0n) is 28.1. The summed E-state index contributed by atoms with van der Waals surface area (Å²) >= 11 is 0. The number of rotatable bonds is 10. The van der Waals surface area contributed by atoms with Crippen molar-refractivity contribution in [2.75, 3.05) is 20.3 Å². The van der Waals surface area contributed by atoms with E-state index < -0.39 is 0 Å². The molecule has 242 valence electrons. The van der Waals surface area contributed by atoms with Crippen LogP contribution in [0, 0.1) is 11.8 Å². The van der Waals surface area contributed by atoms with E-state index in [9.17, 15) is 9.90 Å². The quantitative estimate of drug-likeness (QED) is 0.148. The van der Waals surface area contributed by atoms with Crippen molar-refractivity contribution in [2.24, 2.45) is 26.8 Å². The van der Waals surface area contributed by atoms with Gasteiger partial charge in [0.1, 0.15) is 0 Å². The molecule has 0 aromatic rings. The molecule has 0 radical (unpaired) electrons. The Morgan fingerprint density at radius 1 is 1.02 bits per heavy atom. The van der Waals surface area contributed by atoms with Gasteiger partial charge >= 0.3 is 5.97 Å². The van der Waals surface area contributed by atoms with E-state index >= 15 is 0 Å². The highest BCUT2D eigenvalue weighted by molar-refractivity contribution is 6.21. The third kappa shape index (κ3) is 5.49. The molecule has 0 aromatic carbocycles. The van der Waals surface area contributed by atoms with Crippen LogP contribution in [-0.4, -0.2) is 48.5 Å². The maximum absolute atomic E-state index is 12.3. The number of unbranched alkanes of at least 4 members (excludes halogenated alkanes) is 1. The van der Waals surface area contributed by atoms with E-state index in [0.717, 1.165) is 104 Å². The van der Waals surface area contributed by atoms with Gasteiger partial charge in [-0.15, -0.1) is 0 Å². The van der Waals surface area contributed by atoms with E-state index in [1.165, 1.54) is 12.7 Å². The summed E-state index contributed by atoms with van der Waals surface area (Å²) in [6, 6.07) is 0. The molecule has 6 aliphatic rings.